The Balaban J connectivity index is -0.000000208. The van der Waals surface area contributed by atoms with Crippen LogP contribution < -0.4 is 0 Å². The van der Waals surface area contributed by atoms with Crippen molar-refractivity contribution in [2.75, 3.05) is 32.6 Å². The topological polar surface area (TPSA) is 0 Å². The van der Waals surface area contributed by atoms with Gasteiger partial charge in [-0.25, -0.2) is 0 Å². The van der Waals surface area contributed by atoms with Gasteiger partial charge >= 0.3 is 0 Å². The molecule has 0 atom stereocenters. The monoisotopic (exact) mass is 668 g/mol. The summed E-state index contributed by atoms with van der Waals surface area (Å²) in [5, 5.41) is 0. The third-order valence-corrected chi connectivity index (χ3v) is 8.05. The fourth-order valence-electron chi connectivity index (χ4n) is 1.16. The van der Waals surface area contributed by atoms with E-state index in [1.807, 2.05) is 24.3 Å². The first-order chi connectivity index (χ1) is 6.93. The average Bonchev–Trinajstić information content (AvgIpc) is 2.08. The Kier molecular flexibility index (Phi) is 20.2. The van der Waals surface area contributed by atoms with Gasteiger partial charge in [-0.05, 0) is 0 Å². The average molecular weight is 669 g/mol. The first-order valence-corrected chi connectivity index (χ1v) is 11.2. The molecule has 0 aliphatic heterocycles. The number of hydrogen-bond acceptors (Lipinski definition) is 2. The summed E-state index contributed by atoms with van der Waals surface area (Å²) in [6.07, 6.45) is 0. The minimum Gasteiger partial charge on any atom is -0.781 e. The van der Waals surface area contributed by atoms with Gasteiger partial charge in [-0.3, -0.25) is 0 Å². The van der Waals surface area contributed by atoms with Gasteiger partial charge in [0.05, 0.1) is 0 Å². The van der Waals surface area contributed by atoms with Gasteiger partial charge in [0.1, 0.15) is 0 Å². The molecule has 0 aliphatic carbocycles. The van der Waals surface area contributed by atoms with E-state index in [4.69, 9.17) is 25.3 Å². The molecule has 0 N–H and O–H groups in total. The predicted octanol–water partition coefficient (Wildman–Crippen LogP) is 3.38. The van der Waals surface area contributed by atoms with E-state index >= 15 is 0 Å². The second-order valence-electron chi connectivity index (χ2n) is 4.04. The molecular formula is C11H20P2Pt2S2. The Morgan fingerprint density at radius 2 is 1.12 bits per heavy atom. The molecule has 17 heavy (non-hydrogen) atoms. The summed E-state index contributed by atoms with van der Waals surface area (Å²) in [6.45, 7) is 9.56. The van der Waals surface area contributed by atoms with Crippen molar-refractivity contribution in [2.24, 2.45) is 0 Å². The van der Waals surface area contributed by atoms with Gasteiger partial charge in [-0.1, -0.05) is 24.3 Å². The van der Waals surface area contributed by atoms with Crippen molar-refractivity contribution in [3.8, 4) is 0 Å². The van der Waals surface area contributed by atoms with E-state index in [-0.39, 0.29) is 58.0 Å². The summed E-state index contributed by atoms with van der Waals surface area (Å²) < 4.78 is 0. The molecule has 0 aliphatic rings. The molecule has 0 heterocycles. The zero-order valence-electron chi connectivity index (χ0n) is 10.5. The molecule has 0 spiro atoms. The second kappa shape index (κ2) is 14.3. The Morgan fingerprint density at radius 1 is 0.824 bits per heavy atom. The van der Waals surface area contributed by atoms with Gasteiger partial charge in [-0.2, -0.15) is 9.79 Å². The predicted molar refractivity (Wildman–Crippen MR) is 82.9 cm³/mol. The van der Waals surface area contributed by atoms with Crippen molar-refractivity contribution < 1.29 is 42.1 Å². The van der Waals surface area contributed by atoms with Crippen LogP contribution in [0.2, 0.25) is 0 Å². The zero-order valence-corrected chi connectivity index (χ0v) is 18.6. The van der Waals surface area contributed by atoms with Gasteiger partial charge in [-0.15, -0.1) is 0 Å². The maximum absolute atomic E-state index is 4.85. The minimum atomic E-state index is 0. The SMILES string of the molecule is C[PH+](C)C[PH+](C)C.[Pt].[Pt].[S-]c1ccccc1[S-]. The smallest absolute Gasteiger partial charge is 0.154 e. The largest absolute Gasteiger partial charge is 0.781 e. The van der Waals surface area contributed by atoms with E-state index in [9.17, 15) is 0 Å². The molecule has 1 aromatic carbocycles. The Labute approximate surface area is 148 Å². The van der Waals surface area contributed by atoms with Gasteiger partial charge < -0.3 is 25.3 Å². The van der Waals surface area contributed by atoms with Crippen molar-refractivity contribution in [1.82, 2.24) is 0 Å². The summed E-state index contributed by atoms with van der Waals surface area (Å²) in [4.78, 5) is 1.53. The quantitative estimate of drug-likeness (QED) is 0.351. The maximum atomic E-state index is 4.85. The van der Waals surface area contributed by atoms with E-state index in [1.165, 1.54) is 0 Å². The van der Waals surface area contributed by atoms with Crippen LogP contribution >= 0.6 is 15.8 Å². The van der Waals surface area contributed by atoms with Crippen molar-refractivity contribution in [2.45, 2.75) is 9.79 Å². The van der Waals surface area contributed by atoms with Crippen LogP contribution in [0.25, 0.3) is 0 Å². The molecular weight excluding hydrogens is 648 g/mol. The number of hydrogen-bond donors (Lipinski definition) is 0. The van der Waals surface area contributed by atoms with Crippen molar-refractivity contribution in [1.29, 1.82) is 0 Å². The summed E-state index contributed by atoms with van der Waals surface area (Å²) in [7, 11) is 0.222. The van der Waals surface area contributed by atoms with Crippen LogP contribution in [0.4, 0.5) is 0 Å². The Bertz CT molecular complexity index is 257. The van der Waals surface area contributed by atoms with Crippen LogP contribution in [0, 0.1) is 0 Å². The van der Waals surface area contributed by atoms with E-state index in [0.717, 1.165) is 9.79 Å². The normalized spacial score (nSPS) is 8.82. The standard InChI is InChI=1S/C6H6S2.C5H14P2.2Pt/c7-5-3-1-2-4-6(5)8;1-6(2)5-7(3)4;;/h1-4,7-8H;5H2,1-4H3;;. The summed E-state index contributed by atoms with van der Waals surface area (Å²) in [6, 6.07) is 7.44. The molecule has 0 aromatic heterocycles. The first kappa shape index (κ1) is 24.0. The third kappa shape index (κ3) is 15.8. The van der Waals surface area contributed by atoms with Gasteiger partial charge in [0.15, 0.2) is 5.90 Å². The first-order valence-electron chi connectivity index (χ1n) is 4.94. The molecule has 0 unspecified atom stereocenters. The molecule has 0 radical (unpaired) electrons. The van der Waals surface area contributed by atoms with Crippen molar-refractivity contribution in [3.63, 3.8) is 0 Å². The van der Waals surface area contributed by atoms with Crippen molar-refractivity contribution in [3.05, 3.63) is 24.3 Å². The molecule has 0 saturated heterocycles. The van der Waals surface area contributed by atoms with Gasteiger partial charge in [0, 0.05) is 84.6 Å². The molecule has 0 saturated carbocycles. The van der Waals surface area contributed by atoms with Gasteiger partial charge in [0.2, 0.25) is 0 Å². The van der Waals surface area contributed by atoms with Crippen LogP contribution in [0.1, 0.15) is 0 Å². The fraction of sp³-hybridized carbons (Fsp3) is 0.455. The molecule has 106 valence electrons. The van der Waals surface area contributed by atoms with E-state index in [1.54, 1.807) is 5.90 Å². The van der Waals surface area contributed by atoms with E-state index in [2.05, 4.69) is 26.7 Å². The zero-order chi connectivity index (χ0) is 11.8. The number of benzene rings is 1. The van der Waals surface area contributed by atoms with Crippen LogP contribution in [0.3, 0.4) is 0 Å². The molecule has 6 heteroatoms. The minimum absolute atomic E-state index is 0. The Morgan fingerprint density at radius 3 is 1.24 bits per heavy atom. The second-order valence-corrected chi connectivity index (χ2v) is 11.2. The van der Waals surface area contributed by atoms with Crippen LogP contribution in [0.15, 0.2) is 34.1 Å². The molecule has 1 aromatic rings. The van der Waals surface area contributed by atoms with Crippen molar-refractivity contribution >= 4 is 41.1 Å². The summed E-state index contributed by atoms with van der Waals surface area (Å²) in [5.74, 6) is 1.56. The van der Waals surface area contributed by atoms with E-state index < -0.39 is 0 Å². The maximum Gasteiger partial charge on any atom is 0.154 e. The molecule has 0 nitrogen and oxygen atoms in total. The van der Waals surface area contributed by atoms with Crippen LogP contribution in [-0.4, -0.2) is 32.6 Å². The fourth-order valence-corrected chi connectivity index (χ4v) is 7.11. The van der Waals surface area contributed by atoms with Crippen LogP contribution in [-0.2, 0) is 67.4 Å². The Hall–Kier alpha value is 1.90. The molecule has 0 amide bonds. The van der Waals surface area contributed by atoms with Crippen LogP contribution in [0.5, 0.6) is 0 Å². The van der Waals surface area contributed by atoms with Gasteiger partial charge in [0.25, 0.3) is 0 Å². The molecule has 0 bridgehead atoms. The summed E-state index contributed by atoms with van der Waals surface area (Å²) >= 11 is 9.70. The molecule has 1 rings (SSSR count). The van der Waals surface area contributed by atoms with E-state index in [0.29, 0.717) is 0 Å². The summed E-state index contributed by atoms with van der Waals surface area (Å²) in [5.41, 5.74) is 0. The molecule has 0 fully saturated rings. The third-order valence-electron chi connectivity index (χ3n) is 1.56. The number of rotatable bonds is 2.